The van der Waals surface area contributed by atoms with Crippen molar-refractivity contribution in [3.05, 3.63) is 17.7 Å². The van der Waals surface area contributed by atoms with Crippen molar-refractivity contribution in [3.8, 4) is 17.2 Å². The van der Waals surface area contributed by atoms with Gasteiger partial charge in [-0.2, -0.15) is 0 Å². The molecule has 0 unspecified atom stereocenters. The van der Waals surface area contributed by atoms with Gasteiger partial charge in [-0.15, -0.1) is 8.78 Å². The van der Waals surface area contributed by atoms with Crippen LogP contribution in [-0.4, -0.2) is 26.5 Å². The van der Waals surface area contributed by atoms with E-state index in [1.807, 2.05) is 0 Å². The molecule has 0 radical (unpaired) electrons. The summed E-state index contributed by atoms with van der Waals surface area (Å²) in [5, 5.41) is 0. The van der Waals surface area contributed by atoms with E-state index in [-0.39, 0.29) is 22.8 Å². The quantitative estimate of drug-likeness (QED) is 0.745. The van der Waals surface area contributed by atoms with Crippen molar-refractivity contribution < 1.29 is 32.5 Å². The fraction of sp³-hybridized carbons (Fsp3) is 0.300. The molecule has 1 aromatic rings. The van der Waals surface area contributed by atoms with Gasteiger partial charge in [0.05, 0.1) is 19.8 Å². The lowest BCUT2D eigenvalue weighted by Crippen LogP contribution is -2.26. The fourth-order valence-corrected chi connectivity index (χ4v) is 1.41. The number of hydrogen-bond donors (Lipinski definition) is 0. The third-order valence-corrected chi connectivity index (χ3v) is 2.11. The second-order valence-electron chi connectivity index (χ2n) is 3.16. The predicted octanol–water partition coefficient (Wildman–Crippen LogP) is 1.80. The average molecular weight is 246 g/mol. The van der Waals surface area contributed by atoms with Gasteiger partial charge in [0.2, 0.25) is 5.75 Å². The molecular weight excluding hydrogens is 238 g/mol. The number of benzene rings is 1. The molecular formula is C10H8F2O5. The maximum atomic E-state index is 12.9. The van der Waals surface area contributed by atoms with Crippen LogP contribution < -0.4 is 14.2 Å². The number of alkyl halides is 2. The Morgan fingerprint density at radius 3 is 2.59 bits per heavy atom. The Morgan fingerprint density at radius 2 is 2.00 bits per heavy atom. The molecule has 0 atom stereocenters. The number of hydrogen-bond acceptors (Lipinski definition) is 5. The molecule has 1 aliphatic rings. The van der Waals surface area contributed by atoms with Crippen LogP contribution in [0.15, 0.2) is 12.1 Å². The molecule has 17 heavy (non-hydrogen) atoms. The number of methoxy groups -OCH3 is 2. The van der Waals surface area contributed by atoms with Crippen LogP contribution in [-0.2, 0) is 4.74 Å². The Hall–Kier alpha value is -2.05. The van der Waals surface area contributed by atoms with Gasteiger partial charge < -0.3 is 18.9 Å². The predicted molar refractivity (Wildman–Crippen MR) is 50.5 cm³/mol. The Kier molecular flexibility index (Phi) is 2.53. The van der Waals surface area contributed by atoms with E-state index in [2.05, 4.69) is 14.2 Å². The smallest absolute Gasteiger partial charge is 0.493 e. The third kappa shape index (κ3) is 1.95. The number of rotatable bonds is 2. The molecule has 7 heteroatoms. The van der Waals surface area contributed by atoms with E-state index in [1.165, 1.54) is 20.3 Å². The van der Waals surface area contributed by atoms with Crippen molar-refractivity contribution in [1.82, 2.24) is 0 Å². The van der Waals surface area contributed by atoms with Gasteiger partial charge in [-0.3, -0.25) is 0 Å². The summed E-state index contributed by atoms with van der Waals surface area (Å²) in [5.74, 6) is -1.23. The van der Waals surface area contributed by atoms with Crippen LogP contribution in [0.1, 0.15) is 10.4 Å². The van der Waals surface area contributed by atoms with E-state index >= 15 is 0 Å². The molecule has 1 aliphatic heterocycles. The average Bonchev–Trinajstić information content (AvgIpc) is 2.60. The van der Waals surface area contributed by atoms with Crippen LogP contribution in [0.2, 0.25) is 0 Å². The first kappa shape index (κ1) is 11.4. The van der Waals surface area contributed by atoms with Gasteiger partial charge in [0.25, 0.3) is 0 Å². The van der Waals surface area contributed by atoms with Crippen LogP contribution in [0, 0.1) is 0 Å². The summed E-state index contributed by atoms with van der Waals surface area (Å²) in [6, 6.07) is 2.33. The zero-order valence-electron chi connectivity index (χ0n) is 8.95. The van der Waals surface area contributed by atoms with Gasteiger partial charge in [0, 0.05) is 0 Å². The lowest BCUT2D eigenvalue weighted by atomic mass is 10.2. The zero-order chi connectivity index (χ0) is 12.6. The molecule has 92 valence electrons. The number of carbonyl (C=O) groups excluding carboxylic acids is 1. The van der Waals surface area contributed by atoms with E-state index in [4.69, 9.17) is 4.74 Å². The van der Waals surface area contributed by atoms with E-state index in [0.29, 0.717) is 0 Å². The monoisotopic (exact) mass is 246 g/mol. The second-order valence-corrected chi connectivity index (χ2v) is 3.16. The van der Waals surface area contributed by atoms with Crippen molar-refractivity contribution in [2.45, 2.75) is 6.29 Å². The molecule has 5 nitrogen and oxygen atoms in total. The van der Waals surface area contributed by atoms with Crippen LogP contribution >= 0.6 is 0 Å². The van der Waals surface area contributed by atoms with Gasteiger partial charge in [0.15, 0.2) is 11.5 Å². The summed E-state index contributed by atoms with van der Waals surface area (Å²) in [6.07, 6.45) is -3.76. The molecule has 2 rings (SSSR count). The van der Waals surface area contributed by atoms with Crippen molar-refractivity contribution in [2.75, 3.05) is 14.2 Å². The van der Waals surface area contributed by atoms with Gasteiger partial charge in [-0.25, -0.2) is 4.79 Å². The minimum Gasteiger partial charge on any atom is -0.493 e. The second kappa shape index (κ2) is 3.76. The highest BCUT2D eigenvalue weighted by molar-refractivity contribution is 5.91. The maximum Gasteiger partial charge on any atom is 0.586 e. The standard InChI is InChI=1S/C10H8F2O5/c1-14-6-3-5(9(13)15-2)4-7-8(6)17-10(11,12)16-7/h3-4H,1-2H3. The van der Waals surface area contributed by atoms with Crippen LogP contribution in [0.25, 0.3) is 0 Å². The van der Waals surface area contributed by atoms with Crippen molar-refractivity contribution in [1.29, 1.82) is 0 Å². The molecule has 0 bridgehead atoms. The van der Waals surface area contributed by atoms with Crippen molar-refractivity contribution in [3.63, 3.8) is 0 Å². The van der Waals surface area contributed by atoms with E-state index < -0.39 is 12.3 Å². The highest BCUT2D eigenvalue weighted by Crippen LogP contribution is 2.47. The SMILES string of the molecule is COC(=O)c1cc(OC)c2c(c1)OC(F)(F)O2. The number of carbonyl (C=O) groups is 1. The molecule has 0 aliphatic carbocycles. The molecule has 1 aromatic carbocycles. The number of fused-ring (bicyclic) bond motifs is 1. The Bertz CT molecular complexity index is 472. The molecule has 0 saturated heterocycles. The Morgan fingerprint density at radius 1 is 1.29 bits per heavy atom. The topological polar surface area (TPSA) is 54.0 Å². The van der Waals surface area contributed by atoms with E-state index in [1.54, 1.807) is 0 Å². The number of ether oxygens (including phenoxy) is 4. The van der Waals surface area contributed by atoms with Gasteiger partial charge >= 0.3 is 12.3 Å². The summed E-state index contributed by atoms with van der Waals surface area (Å²) in [5.41, 5.74) is 0.0319. The molecule has 0 amide bonds. The molecule has 0 N–H and O–H groups in total. The molecule has 0 fully saturated rings. The Balaban J connectivity index is 2.49. The highest BCUT2D eigenvalue weighted by atomic mass is 19.3. The number of esters is 1. The van der Waals surface area contributed by atoms with E-state index in [9.17, 15) is 13.6 Å². The first-order chi connectivity index (χ1) is 7.96. The summed E-state index contributed by atoms with van der Waals surface area (Å²) >= 11 is 0. The van der Waals surface area contributed by atoms with Gasteiger partial charge in [-0.1, -0.05) is 0 Å². The summed E-state index contributed by atoms with van der Waals surface area (Å²) in [6.45, 7) is 0. The van der Waals surface area contributed by atoms with Gasteiger partial charge in [-0.05, 0) is 12.1 Å². The van der Waals surface area contributed by atoms with E-state index in [0.717, 1.165) is 6.07 Å². The molecule has 1 heterocycles. The first-order valence-electron chi connectivity index (χ1n) is 4.53. The third-order valence-electron chi connectivity index (χ3n) is 2.11. The minimum atomic E-state index is -3.76. The summed E-state index contributed by atoms with van der Waals surface area (Å²) < 4.78 is 43.5. The summed E-state index contributed by atoms with van der Waals surface area (Å²) in [7, 11) is 2.44. The Labute approximate surface area is 94.8 Å². The summed E-state index contributed by atoms with van der Waals surface area (Å²) in [4.78, 5) is 11.3. The first-order valence-corrected chi connectivity index (χ1v) is 4.53. The molecule has 0 spiro atoms. The fourth-order valence-electron chi connectivity index (χ4n) is 1.41. The van der Waals surface area contributed by atoms with Gasteiger partial charge in [0.1, 0.15) is 0 Å². The maximum absolute atomic E-state index is 12.9. The number of halogens is 2. The minimum absolute atomic E-state index is 0.0277. The largest absolute Gasteiger partial charge is 0.586 e. The van der Waals surface area contributed by atoms with Crippen LogP contribution in [0.4, 0.5) is 8.78 Å². The van der Waals surface area contributed by atoms with Crippen molar-refractivity contribution in [2.24, 2.45) is 0 Å². The van der Waals surface area contributed by atoms with Crippen molar-refractivity contribution >= 4 is 5.97 Å². The van der Waals surface area contributed by atoms with Crippen LogP contribution in [0.3, 0.4) is 0 Å². The zero-order valence-corrected chi connectivity index (χ0v) is 8.95. The normalized spacial score (nSPS) is 15.5. The lowest BCUT2D eigenvalue weighted by molar-refractivity contribution is -0.287. The molecule has 0 saturated carbocycles. The van der Waals surface area contributed by atoms with Crippen LogP contribution in [0.5, 0.6) is 17.2 Å². The lowest BCUT2D eigenvalue weighted by Gasteiger charge is -2.06. The molecule has 0 aromatic heterocycles. The highest BCUT2D eigenvalue weighted by Gasteiger charge is 2.45.